The van der Waals surface area contributed by atoms with E-state index in [1.165, 1.54) is 5.56 Å². The van der Waals surface area contributed by atoms with E-state index in [-0.39, 0.29) is 5.91 Å². The highest BCUT2D eigenvalue weighted by Crippen LogP contribution is 2.27. The van der Waals surface area contributed by atoms with Gasteiger partial charge in [-0.3, -0.25) is 4.79 Å². The quantitative estimate of drug-likeness (QED) is 0.468. The van der Waals surface area contributed by atoms with Crippen LogP contribution in [0.4, 0.5) is 0 Å². The minimum absolute atomic E-state index is 0.192. The second-order valence-electron chi connectivity index (χ2n) is 7.16. The molecule has 6 heteroatoms. The largest absolute Gasteiger partial charge is 0.493 e. The summed E-state index contributed by atoms with van der Waals surface area (Å²) in [5.41, 5.74) is 3.75. The molecule has 0 fully saturated rings. The monoisotopic (exact) mass is 415 g/mol. The first-order valence-electron chi connectivity index (χ1n) is 10.2. The lowest BCUT2D eigenvalue weighted by Crippen LogP contribution is -2.25. The highest BCUT2D eigenvalue weighted by Gasteiger charge is 2.14. The first kappa shape index (κ1) is 20.5. The predicted octanol–water partition coefficient (Wildman–Crippen LogP) is 4.23. The molecular weight excluding hydrogens is 390 g/mol. The Hall–Kier alpha value is -3.80. The highest BCUT2D eigenvalue weighted by molar-refractivity contribution is 5.94. The van der Waals surface area contributed by atoms with Crippen molar-refractivity contribution in [3.63, 3.8) is 0 Å². The molecule has 0 aliphatic heterocycles. The van der Waals surface area contributed by atoms with Gasteiger partial charge in [0.15, 0.2) is 11.5 Å². The summed E-state index contributed by atoms with van der Waals surface area (Å²) >= 11 is 0. The molecule has 0 saturated carbocycles. The maximum absolute atomic E-state index is 12.7. The van der Waals surface area contributed by atoms with Gasteiger partial charge in [0.25, 0.3) is 5.91 Å². The number of aromatic nitrogens is 2. The number of benzene rings is 3. The van der Waals surface area contributed by atoms with Gasteiger partial charge in [0.1, 0.15) is 5.82 Å². The Kier molecular flexibility index (Phi) is 6.17. The summed E-state index contributed by atoms with van der Waals surface area (Å²) in [6.45, 7) is 1.11. The molecule has 6 nitrogen and oxygen atoms in total. The van der Waals surface area contributed by atoms with Gasteiger partial charge in [-0.2, -0.15) is 0 Å². The smallest absolute Gasteiger partial charge is 0.251 e. The topological polar surface area (TPSA) is 65.4 Å². The fourth-order valence-corrected chi connectivity index (χ4v) is 3.63. The number of carbonyl (C=O) groups is 1. The molecule has 0 saturated heterocycles. The number of para-hydroxylation sites is 2. The number of hydrogen-bond acceptors (Lipinski definition) is 4. The normalized spacial score (nSPS) is 10.8. The van der Waals surface area contributed by atoms with Crippen molar-refractivity contribution in [2.45, 2.75) is 19.5 Å². The molecule has 0 spiro atoms. The van der Waals surface area contributed by atoms with Crippen molar-refractivity contribution in [3.8, 4) is 11.5 Å². The molecule has 3 aromatic carbocycles. The number of aryl methyl sites for hydroxylation is 2. The van der Waals surface area contributed by atoms with Crippen LogP contribution in [0.1, 0.15) is 21.7 Å². The zero-order valence-electron chi connectivity index (χ0n) is 17.7. The maximum atomic E-state index is 12.7. The van der Waals surface area contributed by atoms with E-state index in [1.54, 1.807) is 32.4 Å². The van der Waals surface area contributed by atoms with Gasteiger partial charge in [-0.05, 0) is 42.3 Å². The molecule has 1 N–H and O–H groups in total. The molecule has 158 valence electrons. The van der Waals surface area contributed by atoms with E-state index in [2.05, 4.69) is 28.1 Å². The number of imidazole rings is 1. The number of amides is 1. The molecule has 0 unspecified atom stereocenters. The van der Waals surface area contributed by atoms with E-state index < -0.39 is 0 Å². The van der Waals surface area contributed by atoms with Gasteiger partial charge in [0, 0.05) is 12.1 Å². The predicted molar refractivity (Wildman–Crippen MR) is 121 cm³/mol. The van der Waals surface area contributed by atoms with Crippen LogP contribution < -0.4 is 14.8 Å². The third-order valence-corrected chi connectivity index (χ3v) is 5.25. The third-order valence-electron chi connectivity index (χ3n) is 5.25. The SMILES string of the molecule is COc1ccc(C(=O)NCc2nc3ccccc3n2CCc2ccccc2)cc1OC. The number of hydrogen-bond donors (Lipinski definition) is 1. The summed E-state index contributed by atoms with van der Waals surface area (Å²) in [6, 6.07) is 23.5. The second kappa shape index (κ2) is 9.34. The van der Waals surface area contributed by atoms with Crippen LogP contribution in [0, 0.1) is 0 Å². The maximum Gasteiger partial charge on any atom is 0.251 e. The molecule has 4 rings (SSSR count). The Morgan fingerprint density at radius 2 is 1.68 bits per heavy atom. The van der Waals surface area contributed by atoms with E-state index in [4.69, 9.17) is 14.5 Å². The number of methoxy groups -OCH3 is 2. The fraction of sp³-hybridized carbons (Fsp3) is 0.200. The summed E-state index contributed by atoms with van der Waals surface area (Å²) < 4.78 is 12.7. The van der Waals surface area contributed by atoms with Gasteiger partial charge >= 0.3 is 0 Å². The highest BCUT2D eigenvalue weighted by atomic mass is 16.5. The Labute approximate surface area is 181 Å². The molecule has 0 aliphatic rings. The summed E-state index contributed by atoms with van der Waals surface area (Å²) in [6.07, 6.45) is 0.887. The van der Waals surface area contributed by atoms with Gasteiger partial charge in [-0.25, -0.2) is 4.98 Å². The number of carbonyl (C=O) groups excluding carboxylic acids is 1. The second-order valence-corrected chi connectivity index (χ2v) is 7.16. The zero-order valence-corrected chi connectivity index (χ0v) is 17.7. The average molecular weight is 415 g/mol. The van der Waals surface area contributed by atoms with Gasteiger partial charge in [0.05, 0.1) is 31.8 Å². The number of fused-ring (bicyclic) bond motifs is 1. The molecule has 0 radical (unpaired) electrons. The first-order chi connectivity index (χ1) is 15.2. The molecule has 4 aromatic rings. The fourth-order valence-electron chi connectivity index (χ4n) is 3.63. The molecule has 0 bridgehead atoms. The lowest BCUT2D eigenvalue weighted by Gasteiger charge is -2.12. The van der Waals surface area contributed by atoms with E-state index >= 15 is 0 Å². The standard InChI is InChI=1S/C25H25N3O3/c1-30-22-13-12-19(16-23(22)31-2)25(29)26-17-24-27-20-10-6-7-11-21(20)28(24)15-14-18-8-4-3-5-9-18/h3-13,16H,14-15,17H2,1-2H3,(H,26,29). The number of ether oxygens (including phenoxy) is 2. The lowest BCUT2D eigenvalue weighted by atomic mass is 10.1. The van der Waals surface area contributed by atoms with Crippen LogP contribution in [-0.2, 0) is 19.5 Å². The van der Waals surface area contributed by atoms with Crippen molar-refractivity contribution in [3.05, 3.63) is 89.7 Å². The van der Waals surface area contributed by atoms with E-state index in [0.717, 1.165) is 29.8 Å². The van der Waals surface area contributed by atoms with Crippen LogP contribution in [0.3, 0.4) is 0 Å². The van der Waals surface area contributed by atoms with Gasteiger partial charge < -0.3 is 19.4 Å². The molecule has 0 atom stereocenters. The summed E-state index contributed by atoms with van der Waals surface area (Å²) in [5.74, 6) is 1.74. The number of rotatable bonds is 8. The van der Waals surface area contributed by atoms with E-state index in [0.29, 0.717) is 23.6 Å². The van der Waals surface area contributed by atoms with Crippen molar-refractivity contribution in [2.24, 2.45) is 0 Å². The van der Waals surface area contributed by atoms with Gasteiger partial charge in [-0.15, -0.1) is 0 Å². The Balaban J connectivity index is 1.53. The number of nitrogens with one attached hydrogen (secondary N) is 1. The first-order valence-corrected chi connectivity index (χ1v) is 10.2. The summed E-state index contributed by atoms with van der Waals surface area (Å²) in [4.78, 5) is 17.5. The molecule has 1 amide bonds. The van der Waals surface area contributed by atoms with E-state index in [9.17, 15) is 4.79 Å². The molecule has 1 heterocycles. The third kappa shape index (κ3) is 4.53. The minimum atomic E-state index is -0.192. The van der Waals surface area contributed by atoms with Crippen LogP contribution in [0.25, 0.3) is 11.0 Å². The van der Waals surface area contributed by atoms with Crippen molar-refractivity contribution in [1.29, 1.82) is 0 Å². The van der Waals surface area contributed by atoms with Crippen LogP contribution in [0.5, 0.6) is 11.5 Å². The van der Waals surface area contributed by atoms with Crippen molar-refractivity contribution in [2.75, 3.05) is 14.2 Å². The minimum Gasteiger partial charge on any atom is -0.493 e. The average Bonchev–Trinajstić information content (AvgIpc) is 3.18. The Morgan fingerprint density at radius 1 is 0.935 bits per heavy atom. The molecular formula is C25H25N3O3. The zero-order chi connectivity index (χ0) is 21.6. The summed E-state index contributed by atoms with van der Waals surface area (Å²) in [7, 11) is 3.12. The van der Waals surface area contributed by atoms with Crippen LogP contribution >= 0.6 is 0 Å². The molecule has 0 aliphatic carbocycles. The Bertz CT molecular complexity index is 1190. The van der Waals surface area contributed by atoms with Crippen LogP contribution in [-0.4, -0.2) is 29.7 Å². The lowest BCUT2D eigenvalue weighted by molar-refractivity contribution is 0.0949. The summed E-state index contributed by atoms with van der Waals surface area (Å²) in [5, 5.41) is 2.98. The van der Waals surface area contributed by atoms with Crippen LogP contribution in [0.2, 0.25) is 0 Å². The van der Waals surface area contributed by atoms with Crippen molar-refractivity contribution in [1.82, 2.24) is 14.9 Å². The molecule has 1 aromatic heterocycles. The van der Waals surface area contributed by atoms with Crippen LogP contribution in [0.15, 0.2) is 72.8 Å². The van der Waals surface area contributed by atoms with E-state index in [1.807, 2.05) is 36.4 Å². The van der Waals surface area contributed by atoms with Crippen molar-refractivity contribution < 1.29 is 14.3 Å². The van der Waals surface area contributed by atoms with Gasteiger partial charge in [0.2, 0.25) is 0 Å². The Morgan fingerprint density at radius 3 is 2.45 bits per heavy atom. The molecule has 31 heavy (non-hydrogen) atoms. The van der Waals surface area contributed by atoms with Crippen molar-refractivity contribution >= 4 is 16.9 Å². The number of nitrogens with zero attached hydrogens (tertiary/aromatic N) is 2. The van der Waals surface area contributed by atoms with Gasteiger partial charge in [-0.1, -0.05) is 42.5 Å².